The van der Waals surface area contributed by atoms with Crippen LogP contribution >= 0.6 is 11.3 Å². The number of nitrogens with zero attached hydrogens (tertiary/aromatic N) is 4. The van der Waals surface area contributed by atoms with Gasteiger partial charge >= 0.3 is 0 Å². The predicted molar refractivity (Wildman–Crippen MR) is 61.7 cm³/mol. The summed E-state index contributed by atoms with van der Waals surface area (Å²) in [6, 6.07) is 0. The second-order valence-corrected chi connectivity index (χ2v) is 4.28. The fourth-order valence-electron chi connectivity index (χ4n) is 1.15. The Bertz CT molecular complexity index is 533. The summed E-state index contributed by atoms with van der Waals surface area (Å²) in [6.45, 7) is 1.61. The highest BCUT2D eigenvalue weighted by molar-refractivity contribution is 7.14. The van der Waals surface area contributed by atoms with E-state index in [-0.39, 0.29) is 11.6 Å². The molecule has 0 saturated carbocycles. The Labute approximate surface area is 101 Å². The summed E-state index contributed by atoms with van der Waals surface area (Å²) in [4.78, 5) is 17.1. The van der Waals surface area contributed by atoms with Gasteiger partial charge in [-0.3, -0.25) is 10.1 Å². The van der Waals surface area contributed by atoms with Crippen molar-refractivity contribution in [3.63, 3.8) is 0 Å². The van der Waals surface area contributed by atoms with Gasteiger partial charge in [0.25, 0.3) is 5.91 Å². The lowest BCUT2D eigenvalue weighted by Crippen LogP contribution is -2.13. The minimum atomic E-state index is -0.645. The first-order valence-corrected chi connectivity index (χ1v) is 5.75. The molecular formula is C9H11N5O2S. The monoisotopic (exact) mass is 253 g/mol. The molecule has 0 fully saturated rings. The normalized spacial score (nSPS) is 12.4. The second kappa shape index (κ2) is 4.60. The number of aliphatic hydroxyl groups is 1. The molecule has 90 valence electrons. The fraction of sp³-hybridized carbons (Fsp3) is 0.333. The fourth-order valence-corrected chi connectivity index (χ4v) is 1.94. The number of hydrogen-bond acceptors (Lipinski definition) is 6. The van der Waals surface area contributed by atoms with Crippen LogP contribution in [0.25, 0.3) is 0 Å². The molecule has 7 nitrogen and oxygen atoms in total. The standard InChI is InChI=1S/C9H11N5O2S/c1-5(15)7-4-17-9(11-7)12-8(16)6-3-10-14(2)13-6/h3-5,15H,1-2H3,(H,11,12,16). The van der Waals surface area contributed by atoms with Crippen LogP contribution < -0.4 is 5.32 Å². The van der Waals surface area contributed by atoms with Gasteiger partial charge < -0.3 is 5.11 Å². The molecule has 1 atom stereocenters. The maximum Gasteiger partial charge on any atom is 0.279 e. The van der Waals surface area contributed by atoms with Crippen molar-refractivity contribution in [2.45, 2.75) is 13.0 Å². The van der Waals surface area contributed by atoms with Crippen LogP contribution in [0.2, 0.25) is 0 Å². The molecule has 2 heterocycles. The van der Waals surface area contributed by atoms with E-state index in [0.717, 1.165) is 0 Å². The zero-order valence-corrected chi connectivity index (χ0v) is 10.1. The molecule has 17 heavy (non-hydrogen) atoms. The number of amides is 1. The lowest BCUT2D eigenvalue weighted by molar-refractivity contribution is 0.102. The van der Waals surface area contributed by atoms with Gasteiger partial charge in [0.1, 0.15) is 0 Å². The average molecular weight is 253 g/mol. The number of anilines is 1. The number of carbonyl (C=O) groups excluding carboxylic acids is 1. The Balaban J connectivity index is 2.07. The van der Waals surface area contributed by atoms with Crippen LogP contribution in [0, 0.1) is 0 Å². The quantitative estimate of drug-likeness (QED) is 0.834. The Morgan fingerprint density at radius 3 is 2.94 bits per heavy atom. The first-order chi connectivity index (χ1) is 8.06. The zero-order chi connectivity index (χ0) is 12.4. The topological polar surface area (TPSA) is 92.9 Å². The molecule has 1 amide bonds. The van der Waals surface area contributed by atoms with Gasteiger partial charge in [-0.1, -0.05) is 0 Å². The number of aromatic nitrogens is 4. The van der Waals surface area contributed by atoms with Crippen LogP contribution in [0.5, 0.6) is 0 Å². The van der Waals surface area contributed by atoms with E-state index in [1.165, 1.54) is 22.3 Å². The molecule has 0 aromatic carbocycles. The second-order valence-electron chi connectivity index (χ2n) is 3.43. The summed E-state index contributed by atoms with van der Waals surface area (Å²) in [5.41, 5.74) is 0.755. The first-order valence-electron chi connectivity index (χ1n) is 4.87. The van der Waals surface area contributed by atoms with Gasteiger partial charge in [0.2, 0.25) is 0 Å². The molecule has 0 aliphatic rings. The number of aliphatic hydroxyl groups excluding tert-OH is 1. The predicted octanol–water partition coefficient (Wildman–Crippen LogP) is 0.577. The number of aryl methyl sites for hydroxylation is 1. The van der Waals surface area contributed by atoms with Crippen LogP contribution in [0.15, 0.2) is 11.6 Å². The molecule has 0 aliphatic carbocycles. The Morgan fingerprint density at radius 2 is 2.41 bits per heavy atom. The minimum Gasteiger partial charge on any atom is -0.387 e. The number of thiazole rings is 1. The van der Waals surface area contributed by atoms with Gasteiger partial charge in [-0.15, -0.1) is 16.4 Å². The molecule has 2 aromatic rings. The third kappa shape index (κ3) is 2.66. The average Bonchev–Trinajstić information content (AvgIpc) is 2.86. The maximum absolute atomic E-state index is 11.7. The lowest BCUT2D eigenvalue weighted by Gasteiger charge is -1.98. The van der Waals surface area contributed by atoms with Gasteiger partial charge in [0, 0.05) is 12.4 Å². The van der Waals surface area contributed by atoms with E-state index >= 15 is 0 Å². The van der Waals surface area contributed by atoms with E-state index in [1.54, 1.807) is 19.4 Å². The highest BCUT2D eigenvalue weighted by atomic mass is 32.1. The third-order valence-electron chi connectivity index (χ3n) is 2.00. The molecule has 0 aliphatic heterocycles. The van der Waals surface area contributed by atoms with E-state index in [4.69, 9.17) is 0 Å². The zero-order valence-electron chi connectivity index (χ0n) is 9.28. The van der Waals surface area contributed by atoms with E-state index in [2.05, 4.69) is 20.5 Å². The van der Waals surface area contributed by atoms with Gasteiger partial charge in [-0.2, -0.15) is 9.90 Å². The summed E-state index contributed by atoms with van der Waals surface area (Å²) >= 11 is 1.25. The van der Waals surface area contributed by atoms with E-state index in [9.17, 15) is 9.90 Å². The largest absolute Gasteiger partial charge is 0.387 e. The minimum absolute atomic E-state index is 0.223. The van der Waals surface area contributed by atoms with E-state index in [1.807, 2.05) is 0 Å². The van der Waals surface area contributed by atoms with Gasteiger partial charge in [0.15, 0.2) is 10.8 Å². The summed E-state index contributed by atoms with van der Waals surface area (Å²) < 4.78 is 0. The van der Waals surface area contributed by atoms with Crippen molar-refractivity contribution in [3.8, 4) is 0 Å². The van der Waals surface area contributed by atoms with Gasteiger partial charge in [-0.25, -0.2) is 4.98 Å². The summed E-state index contributed by atoms with van der Waals surface area (Å²) in [6.07, 6.45) is 0.729. The Morgan fingerprint density at radius 1 is 1.65 bits per heavy atom. The van der Waals surface area contributed by atoms with Crippen LogP contribution in [-0.4, -0.2) is 31.0 Å². The number of rotatable bonds is 3. The van der Waals surface area contributed by atoms with Crippen LogP contribution in [0.1, 0.15) is 29.2 Å². The lowest BCUT2D eigenvalue weighted by atomic mass is 10.3. The van der Waals surface area contributed by atoms with E-state index in [0.29, 0.717) is 10.8 Å². The molecule has 1 unspecified atom stereocenters. The molecular weight excluding hydrogens is 242 g/mol. The number of carbonyl (C=O) groups is 1. The first kappa shape index (κ1) is 11.7. The van der Waals surface area contributed by atoms with Crippen molar-refractivity contribution in [2.75, 3.05) is 5.32 Å². The van der Waals surface area contributed by atoms with Crippen molar-refractivity contribution >= 4 is 22.4 Å². The van der Waals surface area contributed by atoms with Gasteiger partial charge in [-0.05, 0) is 6.92 Å². The van der Waals surface area contributed by atoms with Crippen LogP contribution in [0.3, 0.4) is 0 Å². The molecule has 2 aromatic heterocycles. The Hall–Kier alpha value is -1.80. The van der Waals surface area contributed by atoms with Crippen molar-refractivity contribution in [3.05, 3.63) is 23.0 Å². The smallest absolute Gasteiger partial charge is 0.279 e. The Kier molecular flexibility index (Phi) is 3.16. The molecule has 0 radical (unpaired) electrons. The molecule has 0 saturated heterocycles. The molecule has 0 spiro atoms. The van der Waals surface area contributed by atoms with Crippen molar-refractivity contribution in [1.82, 2.24) is 20.0 Å². The summed E-state index contributed by atoms with van der Waals surface area (Å²) in [7, 11) is 1.63. The van der Waals surface area contributed by atoms with Gasteiger partial charge in [0.05, 0.1) is 18.0 Å². The summed E-state index contributed by atoms with van der Waals surface area (Å²) in [5.74, 6) is -0.371. The van der Waals surface area contributed by atoms with Crippen molar-refractivity contribution in [2.24, 2.45) is 7.05 Å². The highest BCUT2D eigenvalue weighted by Gasteiger charge is 2.13. The summed E-state index contributed by atoms with van der Waals surface area (Å²) in [5, 5.41) is 21.7. The number of hydrogen-bond donors (Lipinski definition) is 2. The molecule has 8 heteroatoms. The van der Waals surface area contributed by atoms with E-state index < -0.39 is 6.10 Å². The SMILES string of the molecule is CC(O)c1csc(NC(=O)c2cnn(C)n2)n1. The van der Waals surface area contributed by atoms with Crippen molar-refractivity contribution in [1.29, 1.82) is 0 Å². The molecule has 2 rings (SSSR count). The van der Waals surface area contributed by atoms with Crippen molar-refractivity contribution < 1.29 is 9.90 Å². The number of nitrogens with one attached hydrogen (secondary N) is 1. The third-order valence-corrected chi connectivity index (χ3v) is 2.78. The molecule has 2 N–H and O–H groups in total. The maximum atomic E-state index is 11.7. The highest BCUT2D eigenvalue weighted by Crippen LogP contribution is 2.20. The molecule has 0 bridgehead atoms. The van der Waals surface area contributed by atoms with Crippen LogP contribution in [0.4, 0.5) is 5.13 Å². The van der Waals surface area contributed by atoms with Crippen LogP contribution in [-0.2, 0) is 7.05 Å².